The highest BCUT2D eigenvalue weighted by atomic mass is 16.5. The fourth-order valence-corrected chi connectivity index (χ4v) is 3.52. The third-order valence-corrected chi connectivity index (χ3v) is 5.10. The molecule has 146 valence electrons. The van der Waals surface area contributed by atoms with Gasteiger partial charge < -0.3 is 4.74 Å². The number of hydrogen-bond donors (Lipinski definition) is 0. The minimum absolute atomic E-state index is 0.351. The quantitative estimate of drug-likeness (QED) is 0.437. The van der Waals surface area contributed by atoms with E-state index in [0.717, 1.165) is 19.7 Å². The minimum atomic E-state index is 0.351. The van der Waals surface area contributed by atoms with Gasteiger partial charge in [0.2, 0.25) is 0 Å². The summed E-state index contributed by atoms with van der Waals surface area (Å²) in [5.41, 5.74) is 3.90. The Morgan fingerprint density at radius 2 is 1.07 bits per heavy atom. The summed E-state index contributed by atoms with van der Waals surface area (Å²) in [7, 11) is 0. The second-order valence-electron chi connectivity index (χ2n) is 7.69. The van der Waals surface area contributed by atoms with Crippen LogP contribution in [0.25, 0.3) is 0 Å². The molecule has 3 aromatic carbocycles. The van der Waals surface area contributed by atoms with Crippen molar-refractivity contribution in [3.63, 3.8) is 0 Å². The van der Waals surface area contributed by atoms with Crippen LogP contribution in [0.3, 0.4) is 0 Å². The van der Waals surface area contributed by atoms with Crippen LogP contribution in [0.4, 0.5) is 0 Å². The third kappa shape index (κ3) is 6.33. The maximum atomic E-state index is 6.16. The van der Waals surface area contributed by atoms with Crippen molar-refractivity contribution in [2.45, 2.75) is 39.6 Å². The fourth-order valence-electron chi connectivity index (χ4n) is 3.52. The predicted molar refractivity (Wildman–Crippen MR) is 117 cm³/mol. The van der Waals surface area contributed by atoms with E-state index in [2.05, 4.69) is 104 Å². The second kappa shape index (κ2) is 10.8. The summed E-state index contributed by atoms with van der Waals surface area (Å²) in [5.74, 6) is 0.503. The summed E-state index contributed by atoms with van der Waals surface area (Å²) in [4.78, 5) is 2.56. The van der Waals surface area contributed by atoms with Gasteiger partial charge in [-0.3, -0.25) is 4.90 Å². The van der Waals surface area contributed by atoms with Crippen LogP contribution >= 0.6 is 0 Å². The molecular weight excluding hydrogens is 342 g/mol. The Balaban J connectivity index is 1.71. The lowest BCUT2D eigenvalue weighted by atomic mass is 10.0. The van der Waals surface area contributed by atoms with E-state index in [1.807, 2.05) is 6.07 Å². The van der Waals surface area contributed by atoms with Crippen LogP contribution in [0.5, 0.6) is 0 Å². The van der Waals surface area contributed by atoms with Crippen LogP contribution < -0.4 is 0 Å². The molecule has 3 aromatic rings. The van der Waals surface area contributed by atoms with Gasteiger partial charge in [0, 0.05) is 19.1 Å². The molecule has 2 nitrogen and oxygen atoms in total. The van der Waals surface area contributed by atoms with Crippen LogP contribution in [0.1, 0.15) is 30.5 Å². The van der Waals surface area contributed by atoms with E-state index in [-0.39, 0.29) is 0 Å². The Kier molecular flexibility index (Phi) is 7.83. The van der Waals surface area contributed by atoms with E-state index in [9.17, 15) is 0 Å². The van der Waals surface area contributed by atoms with Crippen LogP contribution in [0.15, 0.2) is 91.0 Å². The summed E-state index contributed by atoms with van der Waals surface area (Å²) in [6.07, 6.45) is 0. The Morgan fingerprint density at radius 1 is 0.643 bits per heavy atom. The third-order valence-electron chi connectivity index (χ3n) is 5.10. The van der Waals surface area contributed by atoms with E-state index in [1.54, 1.807) is 0 Å². The molecule has 0 aliphatic carbocycles. The van der Waals surface area contributed by atoms with Crippen molar-refractivity contribution in [2.24, 2.45) is 5.92 Å². The summed E-state index contributed by atoms with van der Waals surface area (Å²) >= 11 is 0. The van der Waals surface area contributed by atoms with Gasteiger partial charge in [0.1, 0.15) is 0 Å². The zero-order chi connectivity index (χ0) is 19.6. The smallest absolute Gasteiger partial charge is 0.0717 e. The Labute approximate surface area is 169 Å². The van der Waals surface area contributed by atoms with Gasteiger partial charge in [-0.1, -0.05) is 105 Å². The van der Waals surface area contributed by atoms with Gasteiger partial charge in [-0.15, -0.1) is 0 Å². The van der Waals surface area contributed by atoms with E-state index >= 15 is 0 Å². The fraction of sp³-hybridized carbons (Fsp3) is 0.308. The van der Waals surface area contributed by atoms with Crippen LogP contribution in [0.2, 0.25) is 0 Å². The number of ether oxygens (including phenoxy) is 1. The van der Waals surface area contributed by atoms with Gasteiger partial charge in [-0.05, 0) is 22.6 Å². The molecule has 0 saturated heterocycles. The predicted octanol–water partition coefficient (Wildman–Crippen LogP) is 5.93. The van der Waals surface area contributed by atoms with Crippen LogP contribution in [-0.4, -0.2) is 17.5 Å². The summed E-state index contributed by atoms with van der Waals surface area (Å²) in [5, 5.41) is 0. The highest BCUT2D eigenvalue weighted by molar-refractivity contribution is 5.17. The molecule has 1 atom stereocenters. The molecule has 3 rings (SSSR count). The molecule has 0 radical (unpaired) electrons. The van der Waals surface area contributed by atoms with Crippen LogP contribution in [-0.2, 0) is 24.4 Å². The molecule has 0 amide bonds. The molecule has 0 N–H and O–H groups in total. The van der Waals surface area contributed by atoms with Crippen molar-refractivity contribution in [3.8, 4) is 0 Å². The molecule has 0 saturated carbocycles. The molecule has 28 heavy (non-hydrogen) atoms. The zero-order valence-corrected chi connectivity index (χ0v) is 17.0. The van der Waals surface area contributed by atoms with Crippen molar-refractivity contribution in [3.05, 3.63) is 108 Å². The molecule has 0 aliphatic heterocycles. The highest BCUT2D eigenvalue weighted by Crippen LogP contribution is 2.19. The van der Waals surface area contributed by atoms with Gasteiger partial charge in [0.15, 0.2) is 0 Å². The molecule has 0 spiro atoms. The maximum absolute atomic E-state index is 6.16. The highest BCUT2D eigenvalue weighted by Gasteiger charge is 2.23. The molecule has 0 fully saturated rings. The van der Waals surface area contributed by atoms with Gasteiger partial charge in [0.05, 0.1) is 13.2 Å². The first-order valence-electron chi connectivity index (χ1n) is 10.2. The number of rotatable bonds is 10. The monoisotopic (exact) mass is 373 g/mol. The topological polar surface area (TPSA) is 12.5 Å². The van der Waals surface area contributed by atoms with Gasteiger partial charge in [0.25, 0.3) is 0 Å². The molecular formula is C26H31NO. The molecule has 0 aliphatic rings. The van der Waals surface area contributed by atoms with E-state index in [0.29, 0.717) is 18.6 Å². The van der Waals surface area contributed by atoms with Crippen molar-refractivity contribution in [1.29, 1.82) is 0 Å². The Hall–Kier alpha value is -2.42. The van der Waals surface area contributed by atoms with Crippen LogP contribution in [0, 0.1) is 5.92 Å². The van der Waals surface area contributed by atoms with Gasteiger partial charge >= 0.3 is 0 Å². The molecule has 0 bridgehead atoms. The summed E-state index contributed by atoms with van der Waals surface area (Å²) < 4.78 is 6.16. The molecule has 0 aromatic heterocycles. The first-order valence-corrected chi connectivity index (χ1v) is 10.2. The molecule has 0 unspecified atom stereocenters. The second-order valence-corrected chi connectivity index (χ2v) is 7.69. The lowest BCUT2D eigenvalue weighted by Crippen LogP contribution is -2.41. The van der Waals surface area contributed by atoms with Gasteiger partial charge in [-0.2, -0.15) is 0 Å². The SMILES string of the molecule is CC(C)[C@@H](COCc1ccccc1)N(Cc1ccccc1)Cc1ccccc1. The average Bonchev–Trinajstić information content (AvgIpc) is 2.73. The van der Waals surface area contributed by atoms with Crippen molar-refractivity contribution in [1.82, 2.24) is 4.90 Å². The standard InChI is InChI=1S/C26H31NO/c1-22(2)26(21-28-20-25-16-10-5-11-17-25)27(18-23-12-6-3-7-13-23)19-24-14-8-4-9-15-24/h3-17,22,26H,18-21H2,1-2H3/t26-/m1/s1. The van der Waals surface area contributed by atoms with E-state index in [4.69, 9.17) is 4.74 Å². The lowest BCUT2D eigenvalue weighted by molar-refractivity contribution is 0.0232. The average molecular weight is 374 g/mol. The van der Waals surface area contributed by atoms with Crippen molar-refractivity contribution < 1.29 is 4.74 Å². The largest absolute Gasteiger partial charge is 0.375 e. The van der Waals surface area contributed by atoms with Gasteiger partial charge in [-0.25, -0.2) is 0 Å². The Bertz CT molecular complexity index is 745. The lowest BCUT2D eigenvalue weighted by Gasteiger charge is -2.34. The normalized spacial score (nSPS) is 12.4. The summed E-state index contributed by atoms with van der Waals surface area (Å²) in [6.45, 7) is 7.82. The first-order chi connectivity index (χ1) is 13.7. The number of benzene rings is 3. The van der Waals surface area contributed by atoms with E-state index in [1.165, 1.54) is 16.7 Å². The number of nitrogens with zero attached hydrogens (tertiary/aromatic N) is 1. The number of hydrogen-bond acceptors (Lipinski definition) is 2. The minimum Gasteiger partial charge on any atom is -0.375 e. The van der Waals surface area contributed by atoms with E-state index < -0.39 is 0 Å². The molecule has 2 heteroatoms. The zero-order valence-electron chi connectivity index (χ0n) is 17.0. The maximum Gasteiger partial charge on any atom is 0.0717 e. The van der Waals surface area contributed by atoms with Crippen molar-refractivity contribution >= 4 is 0 Å². The summed E-state index contributed by atoms with van der Waals surface area (Å²) in [6, 6.07) is 32.2. The first kappa shape index (κ1) is 20.3. The molecule has 0 heterocycles. The van der Waals surface area contributed by atoms with Crippen molar-refractivity contribution in [2.75, 3.05) is 6.61 Å². The Morgan fingerprint density at radius 3 is 1.50 bits per heavy atom.